The molecular formula is C24H22N6OS. The summed E-state index contributed by atoms with van der Waals surface area (Å²) in [6.07, 6.45) is 5.64. The average Bonchev–Trinajstić information content (AvgIpc) is 3.36. The minimum Gasteiger partial charge on any atom is -0.398 e. The Bertz CT molecular complexity index is 1320. The quantitative estimate of drug-likeness (QED) is 0.276. The van der Waals surface area contributed by atoms with E-state index in [0.717, 1.165) is 45.7 Å². The molecular weight excluding hydrogens is 420 g/mol. The molecule has 0 atom stereocenters. The van der Waals surface area contributed by atoms with E-state index >= 15 is 0 Å². The van der Waals surface area contributed by atoms with Gasteiger partial charge >= 0.3 is 0 Å². The van der Waals surface area contributed by atoms with Crippen molar-refractivity contribution in [2.24, 2.45) is 0 Å². The first-order valence-electron chi connectivity index (χ1n) is 10.3. The number of aromatic nitrogens is 3. The van der Waals surface area contributed by atoms with Crippen molar-refractivity contribution in [2.75, 3.05) is 11.5 Å². The van der Waals surface area contributed by atoms with Crippen LogP contribution in [-0.2, 0) is 18.7 Å². The highest BCUT2D eigenvalue weighted by Gasteiger charge is 2.22. The number of nitrogens with two attached hydrogens (primary N) is 1. The van der Waals surface area contributed by atoms with Crippen LogP contribution < -0.4 is 11.1 Å². The number of anilines is 1. The first kappa shape index (κ1) is 20.3. The van der Waals surface area contributed by atoms with Gasteiger partial charge in [-0.15, -0.1) is 0 Å². The van der Waals surface area contributed by atoms with Gasteiger partial charge in [-0.3, -0.25) is 4.79 Å². The van der Waals surface area contributed by atoms with Crippen LogP contribution in [0.1, 0.15) is 32.9 Å². The van der Waals surface area contributed by atoms with Gasteiger partial charge in [0.1, 0.15) is 5.82 Å². The molecule has 0 saturated heterocycles. The standard InChI is InChI=1S/C24H22N6OS/c25-11-17-19(26)5-6-20-22(17)16-7-10-32-13-18(16)23(30-20)14-1-3-15(4-2-14)24(31)29-12-21-27-8-9-28-21/h1-6,8-9,11,25H,7,10,12-13,26H2,(H,27,28)(H,29,31). The molecule has 1 aliphatic rings. The number of hydrogen-bond acceptors (Lipinski definition) is 6. The number of pyridine rings is 1. The van der Waals surface area contributed by atoms with Crippen molar-refractivity contribution in [3.8, 4) is 11.3 Å². The van der Waals surface area contributed by atoms with Crippen LogP contribution in [-0.4, -0.2) is 32.8 Å². The van der Waals surface area contributed by atoms with Gasteiger partial charge in [0.15, 0.2) is 0 Å². The zero-order valence-corrected chi connectivity index (χ0v) is 18.1. The number of hydrogen-bond donors (Lipinski definition) is 4. The number of thioether (sulfide) groups is 1. The number of carbonyl (C=O) groups excluding carboxylic acids is 1. The third kappa shape index (κ3) is 3.62. The molecule has 0 unspecified atom stereocenters. The number of nitrogen functional groups attached to an aromatic ring is 1. The van der Waals surface area contributed by atoms with Crippen molar-refractivity contribution in [3.05, 3.63) is 76.9 Å². The molecule has 8 heteroatoms. The summed E-state index contributed by atoms with van der Waals surface area (Å²) in [6, 6.07) is 11.3. The number of H-pyrrole nitrogens is 1. The summed E-state index contributed by atoms with van der Waals surface area (Å²) in [5.74, 6) is 2.46. The average molecular weight is 443 g/mol. The van der Waals surface area contributed by atoms with Crippen molar-refractivity contribution in [1.29, 1.82) is 5.41 Å². The molecule has 0 bridgehead atoms. The lowest BCUT2D eigenvalue weighted by atomic mass is 9.92. The maximum absolute atomic E-state index is 12.5. The third-order valence-electron chi connectivity index (χ3n) is 5.72. The van der Waals surface area contributed by atoms with Crippen LogP contribution in [0.4, 0.5) is 5.69 Å². The Morgan fingerprint density at radius 2 is 2.06 bits per heavy atom. The summed E-state index contributed by atoms with van der Waals surface area (Å²) in [5.41, 5.74) is 13.3. The van der Waals surface area contributed by atoms with E-state index in [1.54, 1.807) is 12.4 Å². The number of aryl methyl sites for hydroxylation is 1. The molecule has 5 N–H and O–H groups in total. The number of fused-ring (bicyclic) bond motifs is 3. The number of carbonyl (C=O) groups is 1. The lowest BCUT2D eigenvalue weighted by molar-refractivity contribution is 0.0950. The van der Waals surface area contributed by atoms with E-state index in [2.05, 4.69) is 15.3 Å². The highest BCUT2D eigenvalue weighted by molar-refractivity contribution is 7.98. The fourth-order valence-electron chi connectivity index (χ4n) is 4.13. The van der Waals surface area contributed by atoms with Crippen LogP contribution in [0.3, 0.4) is 0 Å². The summed E-state index contributed by atoms with van der Waals surface area (Å²) in [6.45, 7) is 0.350. The minimum atomic E-state index is -0.150. The molecule has 160 valence electrons. The van der Waals surface area contributed by atoms with Gasteiger partial charge in [0.2, 0.25) is 0 Å². The Morgan fingerprint density at radius 3 is 2.81 bits per heavy atom. The van der Waals surface area contributed by atoms with E-state index in [1.165, 1.54) is 17.3 Å². The topological polar surface area (TPSA) is 121 Å². The molecule has 3 heterocycles. The Hall–Kier alpha value is -3.65. The predicted molar refractivity (Wildman–Crippen MR) is 129 cm³/mol. The number of imidazole rings is 1. The van der Waals surface area contributed by atoms with Crippen molar-refractivity contribution < 1.29 is 4.79 Å². The maximum atomic E-state index is 12.5. The highest BCUT2D eigenvalue weighted by atomic mass is 32.2. The molecule has 0 saturated carbocycles. The zero-order chi connectivity index (χ0) is 22.1. The summed E-state index contributed by atoms with van der Waals surface area (Å²) in [7, 11) is 0. The van der Waals surface area contributed by atoms with Crippen LogP contribution in [0.5, 0.6) is 0 Å². The lowest BCUT2D eigenvalue weighted by Crippen LogP contribution is -2.23. The number of benzene rings is 2. The van der Waals surface area contributed by atoms with Gasteiger partial charge in [0, 0.05) is 52.1 Å². The smallest absolute Gasteiger partial charge is 0.251 e. The van der Waals surface area contributed by atoms with Gasteiger partial charge in [-0.05, 0) is 47.6 Å². The molecule has 2 aromatic heterocycles. The van der Waals surface area contributed by atoms with Crippen molar-refractivity contribution in [2.45, 2.75) is 18.7 Å². The van der Waals surface area contributed by atoms with Gasteiger partial charge in [-0.25, -0.2) is 9.97 Å². The monoisotopic (exact) mass is 442 g/mol. The fraction of sp³-hybridized carbons (Fsp3) is 0.167. The third-order valence-corrected chi connectivity index (χ3v) is 6.71. The van der Waals surface area contributed by atoms with Crippen LogP contribution in [0.25, 0.3) is 22.2 Å². The Morgan fingerprint density at radius 1 is 1.22 bits per heavy atom. The van der Waals surface area contributed by atoms with E-state index in [4.69, 9.17) is 16.1 Å². The summed E-state index contributed by atoms with van der Waals surface area (Å²) < 4.78 is 0. The lowest BCUT2D eigenvalue weighted by Gasteiger charge is -2.22. The molecule has 2 aromatic carbocycles. The van der Waals surface area contributed by atoms with Gasteiger partial charge in [-0.1, -0.05) is 12.1 Å². The number of amides is 1. The van der Waals surface area contributed by atoms with Crippen LogP contribution in [0, 0.1) is 5.41 Å². The highest BCUT2D eigenvalue weighted by Crippen LogP contribution is 2.38. The van der Waals surface area contributed by atoms with Crippen molar-refractivity contribution in [3.63, 3.8) is 0 Å². The van der Waals surface area contributed by atoms with E-state index in [0.29, 0.717) is 23.6 Å². The summed E-state index contributed by atoms with van der Waals surface area (Å²) in [4.78, 5) is 24.5. The minimum absolute atomic E-state index is 0.150. The number of aromatic amines is 1. The van der Waals surface area contributed by atoms with E-state index < -0.39 is 0 Å². The van der Waals surface area contributed by atoms with E-state index in [1.807, 2.05) is 48.2 Å². The molecule has 4 aromatic rings. The number of rotatable bonds is 5. The van der Waals surface area contributed by atoms with E-state index in [9.17, 15) is 4.79 Å². The largest absolute Gasteiger partial charge is 0.398 e. The molecule has 1 amide bonds. The van der Waals surface area contributed by atoms with Crippen molar-refractivity contribution in [1.82, 2.24) is 20.3 Å². The summed E-state index contributed by atoms with van der Waals surface area (Å²) >= 11 is 1.88. The number of nitrogens with zero attached hydrogens (tertiary/aromatic N) is 2. The first-order valence-corrected chi connectivity index (χ1v) is 11.5. The second-order valence-corrected chi connectivity index (χ2v) is 8.73. The van der Waals surface area contributed by atoms with Crippen LogP contribution in [0.15, 0.2) is 48.8 Å². The van der Waals surface area contributed by atoms with Crippen molar-refractivity contribution >= 4 is 40.5 Å². The van der Waals surface area contributed by atoms with E-state index in [-0.39, 0.29) is 5.91 Å². The van der Waals surface area contributed by atoms with Gasteiger partial charge in [0.05, 0.1) is 17.8 Å². The normalized spacial score (nSPS) is 13.0. The molecule has 0 spiro atoms. The first-order chi connectivity index (χ1) is 15.7. The van der Waals surface area contributed by atoms with Crippen LogP contribution >= 0.6 is 11.8 Å². The second kappa shape index (κ2) is 8.47. The summed E-state index contributed by atoms with van der Waals surface area (Å²) in [5, 5.41) is 11.7. The Balaban J connectivity index is 1.51. The zero-order valence-electron chi connectivity index (χ0n) is 17.3. The molecule has 0 aliphatic carbocycles. The molecule has 0 radical (unpaired) electrons. The Labute approximate surface area is 189 Å². The Kier molecular flexibility index (Phi) is 5.36. The molecule has 1 aliphatic heterocycles. The molecule has 32 heavy (non-hydrogen) atoms. The predicted octanol–water partition coefficient (Wildman–Crippen LogP) is 3.92. The van der Waals surface area contributed by atoms with Gasteiger partial charge in [0.25, 0.3) is 5.91 Å². The molecule has 5 rings (SSSR count). The van der Waals surface area contributed by atoms with Gasteiger partial charge in [-0.2, -0.15) is 11.8 Å². The molecule has 7 nitrogen and oxygen atoms in total. The fourth-order valence-corrected chi connectivity index (χ4v) is 5.14. The van der Waals surface area contributed by atoms with Crippen LogP contribution in [0.2, 0.25) is 0 Å². The SMILES string of the molecule is N=Cc1c(N)ccc2nc(-c3ccc(C(=O)NCc4ncc[nH]4)cc3)c3c(c12)CCSC3. The van der Waals surface area contributed by atoms with Gasteiger partial charge < -0.3 is 21.4 Å². The maximum Gasteiger partial charge on any atom is 0.251 e. The second-order valence-electron chi connectivity index (χ2n) is 7.62. The number of nitrogens with one attached hydrogen (secondary N) is 3. The molecule has 0 fully saturated rings.